The number of nitrogens with zero attached hydrogens (tertiary/aromatic N) is 2. The second kappa shape index (κ2) is 8.16. The molecule has 0 unspecified atom stereocenters. The first kappa shape index (κ1) is 20.7. The summed E-state index contributed by atoms with van der Waals surface area (Å²) in [5.74, 6) is 0.899. The monoisotopic (exact) mass is 389 g/mol. The van der Waals surface area contributed by atoms with E-state index in [2.05, 4.69) is 11.1 Å². The minimum absolute atomic E-state index is 0.405. The summed E-state index contributed by atoms with van der Waals surface area (Å²) in [5, 5.41) is 2.11. The standard InChI is InChI=1S/C25H28FN3/c1-16-10-6-9-13-23(16)29-24(28-18(3)27)21-14-19-11-7-8-12-20(19)15-22(21)25(4,5)17(2)26/h6-15,17H,1-5H3,(H2,27,28,29)/t17-/m1/s1. The van der Waals surface area contributed by atoms with Crippen molar-refractivity contribution in [3.63, 3.8) is 0 Å². The number of rotatable bonds is 4. The van der Waals surface area contributed by atoms with Crippen LogP contribution in [-0.4, -0.2) is 17.8 Å². The Bertz CT molecular complexity index is 1090. The second-order valence-corrected chi connectivity index (χ2v) is 8.06. The molecule has 150 valence electrons. The largest absolute Gasteiger partial charge is 0.387 e. The van der Waals surface area contributed by atoms with Gasteiger partial charge < -0.3 is 5.73 Å². The normalized spacial score (nSPS) is 14.3. The average molecular weight is 390 g/mol. The number of alkyl halides is 1. The van der Waals surface area contributed by atoms with E-state index >= 15 is 0 Å². The van der Waals surface area contributed by atoms with Crippen LogP contribution in [0.25, 0.3) is 10.8 Å². The van der Waals surface area contributed by atoms with Crippen molar-refractivity contribution in [2.75, 3.05) is 0 Å². The lowest BCUT2D eigenvalue weighted by molar-refractivity contribution is 0.237. The van der Waals surface area contributed by atoms with E-state index in [0.717, 1.165) is 33.2 Å². The first-order valence-corrected chi connectivity index (χ1v) is 9.83. The smallest absolute Gasteiger partial charge is 0.162 e. The SMILES string of the molecule is CC(N)=NC(=Nc1ccccc1C)c1cc2ccccc2cc1C(C)(C)[C@@H](C)F. The summed E-state index contributed by atoms with van der Waals surface area (Å²) in [6.45, 7) is 9.15. The molecule has 0 aliphatic rings. The van der Waals surface area contributed by atoms with Crippen LogP contribution in [0.3, 0.4) is 0 Å². The molecular weight excluding hydrogens is 361 g/mol. The van der Waals surface area contributed by atoms with Crippen molar-refractivity contribution >= 4 is 28.1 Å². The zero-order valence-corrected chi connectivity index (χ0v) is 17.7. The molecule has 3 aromatic carbocycles. The Balaban J connectivity index is 2.36. The van der Waals surface area contributed by atoms with Crippen LogP contribution in [0, 0.1) is 6.92 Å². The van der Waals surface area contributed by atoms with Crippen molar-refractivity contribution in [1.29, 1.82) is 0 Å². The molecule has 0 aliphatic heterocycles. The van der Waals surface area contributed by atoms with Gasteiger partial charge in [-0.15, -0.1) is 0 Å². The van der Waals surface area contributed by atoms with E-state index in [1.807, 2.05) is 75.4 Å². The highest BCUT2D eigenvalue weighted by Crippen LogP contribution is 2.35. The van der Waals surface area contributed by atoms with Crippen molar-refractivity contribution in [2.45, 2.75) is 46.2 Å². The van der Waals surface area contributed by atoms with Crippen LogP contribution in [0.15, 0.2) is 70.6 Å². The fraction of sp³-hybridized carbons (Fsp3) is 0.280. The second-order valence-electron chi connectivity index (χ2n) is 8.06. The van der Waals surface area contributed by atoms with Crippen molar-refractivity contribution < 1.29 is 4.39 Å². The van der Waals surface area contributed by atoms with E-state index in [4.69, 9.17) is 10.7 Å². The molecule has 0 bridgehead atoms. The molecule has 0 radical (unpaired) electrons. The van der Waals surface area contributed by atoms with Gasteiger partial charge in [-0.25, -0.2) is 14.4 Å². The molecule has 29 heavy (non-hydrogen) atoms. The van der Waals surface area contributed by atoms with Gasteiger partial charge >= 0.3 is 0 Å². The van der Waals surface area contributed by atoms with Gasteiger partial charge in [0.1, 0.15) is 6.17 Å². The van der Waals surface area contributed by atoms with E-state index in [0.29, 0.717) is 11.7 Å². The van der Waals surface area contributed by atoms with E-state index in [1.54, 1.807) is 13.8 Å². The average Bonchev–Trinajstić information content (AvgIpc) is 2.67. The zero-order valence-electron chi connectivity index (χ0n) is 17.7. The summed E-state index contributed by atoms with van der Waals surface area (Å²) in [6.07, 6.45) is -1.05. The molecule has 1 atom stereocenters. The molecule has 0 spiro atoms. The molecule has 3 nitrogen and oxygen atoms in total. The highest BCUT2D eigenvalue weighted by Gasteiger charge is 2.32. The Morgan fingerprint density at radius 2 is 1.59 bits per heavy atom. The number of nitrogens with two attached hydrogens (primary N) is 1. The maximum absolute atomic E-state index is 14.7. The summed E-state index contributed by atoms with van der Waals surface area (Å²) in [5.41, 5.74) is 8.75. The number of hydrogen-bond acceptors (Lipinski definition) is 1. The van der Waals surface area contributed by atoms with Crippen LogP contribution in [0.4, 0.5) is 10.1 Å². The van der Waals surface area contributed by atoms with Crippen molar-refractivity contribution in [3.05, 3.63) is 77.4 Å². The topological polar surface area (TPSA) is 50.7 Å². The number of hydrogen-bond donors (Lipinski definition) is 1. The van der Waals surface area contributed by atoms with Crippen molar-refractivity contribution in [1.82, 2.24) is 0 Å². The Labute approximate surface area is 172 Å². The highest BCUT2D eigenvalue weighted by molar-refractivity contribution is 6.10. The van der Waals surface area contributed by atoms with Gasteiger partial charge in [0.2, 0.25) is 0 Å². The van der Waals surface area contributed by atoms with Crippen molar-refractivity contribution in [2.24, 2.45) is 15.7 Å². The third-order valence-electron chi connectivity index (χ3n) is 5.44. The Kier molecular flexibility index (Phi) is 5.83. The molecule has 0 amide bonds. The van der Waals surface area contributed by atoms with Crippen LogP contribution in [0.1, 0.15) is 44.4 Å². The summed E-state index contributed by atoms with van der Waals surface area (Å²) >= 11 is 0. The van der Waals surface area contributed by atoms with Gasteiger partial charge in [0.15, 0.2) is 5.84 Å². The quantitative estimate of drug-likeness (QED) is 0.417. The van der Waals surface area contributed by atoms with Crippen LogP contribution in [0.2, 0.25) is 0 Å². The highest BCUT2D eigenvalue weighted by atomic mass is 19.1. The minimum atomic E-state index is -1.05. The molecule has 3 aromatic rings. The molecule has 2 N–H and O–H groups in total. The van der Waals surface area contributed by atoms with Crippen LogP contribution < -0.4 is 5.73 Å². The zero-order chi connectivity index (χ0) is 21.2. The third-order valence-corrected chi connectivity index (χ3v) is 5.44. The number of fused-ring (bicyclic) bond motifs is 1. The third kappa shape index (κ3) is 4.37. The number of aliphatic imine (C=N–C) groups is 2. The first-order valence-electron chi connectivity index (χ1n) is 9.83. The molecule has 0 saturated heterocycles. The van der Waals surface area contributed by atoms with Crippen LogP contribution in [0.5, 0.6) is 0 Å². The molecule has 0 saturated carbocycles. The van der Waals surface area contributed by atoms with Gasteiger partial charge in [-0.1, -0.05) is 56.3 Å². The predicted octanol–water partition coefficient (Wildman–Crippen LogP) is 6.24. The fourth-order valence-electron chi connectivity index (χ4n) is 3.29. The Morgan fingerprint density at radius 1 is 1.00 bits per heavy atom. The lowest BCUT2D eigenvalue weighted by Crippen LogP contribution is -2.30. The van der Waals surface area contributed by atoms with Crippen LogP contribution in [-0.2, 0) is 5.41 Å². The first-order chi connectivity index (χ1) is 13.7. The number of halogens is 1. The number of amidine groups is 2. The molecule has 0 aromatic heterocycles. The lowest BCUT2D eigenvalue weighted by Gasteiger charge is -2.30. The van der Waals surface area contributed by atoms with Gasteiger partial charge in [0.25, 0.3) is 0 Å². The van der Waals surface area contributed by atoms with E-state index < -0.39 is 11.6 Å². The Hall–Kier alpha value is -3.01. The molecule has 3 rings (SSSR count). The molecule has 4 heteroatoms. The Morgan fingerprint density at radius 3 is 2.17 bits per heavy atom. The van der Waals surface area contributed by atoms with Crippen LogP contribution >= 0.6 is 0 Å². The summed E-state index contributed by atoms with van der Waals surface area (Å²) in [4.78, 5) is 9.38. The molecular formula is C25H28FN3. The maximum atomic E-state index is 14.7. The van der Waals surface area contributed by atoms with Gasteiger partial charge in [0.05, 0.1) is 11.5 Å². The van der Waals surface area contributed by atoms with Gasteiger partial charge in [-0.05, 0) is 60.9 Å². The van der Waals surface area contributed by atoms with E-state index in [1.165, 1.54) is 0 Å². The van der Waals surface area contributed by atoms with Gasteiger partial charge in [-0.3, -0.25) is 0 Å². The predicted molar refractivity (Wildman–Crippen MR) is 122 cm³/mol. The minimum Gasteiger partial charge on any atom is -0.387 e. The number of aryl methyl sites for hydroxylation is 1. The van der Waals surface area contributed by atoms with E-state index in [9.17, 15) is 4.39 Å². The molecule has 0 fully saturated rings. The lowest BCUT2D eigenvalue weighted by atomic mass is 9.77. The summed E-state index contributed by atoms with van der Waals surface area (Å²) in [6, 6.07) is 20.0. The fourth-order valence-corrected chi connectivity index (χ4v) is 3.29. The summed E-state index contributed by atoms with van der Waals surface area (Å²) in [7, 11) is 0. The maximum Gasteiger partial charge on any atom is 0.162 e. The van der Waals surface area contributed by atoms with E-state index in [-0.39, 0.29) is 0 Å². The number of para-hydroxylation sites is 1. The molecule has 0 aliphatic carbocycles. The molecule has 0 heterocycles. The van der Waals surface area contributed by atoms with Crippen molar-refractivity contribution in [3.8, 4) is 0 Å². The summed E-state index contributed by atoms with van der Waals surface area (Å²) < 4.78 is 14.7. The van der Waals surface area contributed by atoms with Gasteiger partial charge in [0, 0.05) is 11.0 Å². The van der Waals surface area contributed by atoms with Gasteiger partial charge in [-0.2, -0.15) is 0 Å². The number of benzene rings is 3.